The third-order valence-electron chi connectivity index (χ3n) is 2.65. The molecule has 5 heteroatoms. The number of H-pyrrole nitrogens is 1. The second-order valence-electron chi connectivity index (χ2n) is 3.97. The van der Waals surface area contributed by atoms with Crippen LogP contribution in [0, 0.1) is 0 Å². The molecule has 0 bridgehead atoms. The molecule has 1 N–H and O–H groups in total. The van der Waals surface area contributed by atoms with Crippen LogP contribution in [0.3, 0.4) is 0 Å². The Morgan fingerprint density at radius 2 is 2.00 bits per heavy atom. The molecule has 1 heterocycles. The van der Waals surface area contributed by atoms with Gasteiger partial charge in [0.05, 0.1) is 5.69 Å². The van der Waals surface area contributed by atoms with Crippen molar-refractivity contribution < 1.29 is 0 Å². The Kier molecular flexibility index (Phi) is 3.67. The van der Waals surface area contributed by atoms with Crippen molar-refractivity contribution in [1.82, 2.24) is 9.55 Å². The van der Waals surface area contributed by atoms with Gasteiger partial charge in [-0.25, -0.2) is 9.36 Å². The highest BCUT2D eigenvalue weighted by atomic mass is 35.5. The van der Waals surface area contributed by atoms with E-state index in [0.29, 0.717) is 5.69 Å². The first-order valence-corrected chi connectivity index (χ1v) is 6.11. The number of benzene rings is 1. The third-order valence-corrected chi connectivity index (χ3v) is 2.86. The van der Waals surface area contributed by atoms with E-state index in [4.69, 9.17) is 11.6 Å². The van der Waals surface area contributed by atoms with E-state index in [1.54, 1.807) is 12.1 Å². The normalized spacial score (nSPS) is 10.6. The van der Waals surface area contributed by atoms with E-state index in [-0.39, 0.29) is 5.15 Å². The van der Waals surface area contributed by atoms with Crippen LogP contribution in [-0.2, 0) is 6.42 Å². The van der Waals surface area contributed by atoms with Crippen LogP contribution in [0.4, 0.5) is 0 Å². The monoisotopic (exact) mass is 264 g/mol. The van der Waals surface area contributed by atoms with Crippen molar-refractivity contribution >= 4 is 11.6 Å². The van der Waals surface area contributed by atoms with Gasteiger partial charge in [0, 0.05) is 6.07 Å². The van der Waals surface area contributed by atoms with E-state index >= 15 is 0 Å². The van der Waals surface area contributed by atoms with Crippen molar-refractivity contribution in [2.45, 2.75) is 19.8 Å². The van der Waals surface area contributed by atoms with Crippen LogP contribution >= 0.6 is 11.6 Å². The fraction of sp³-hybridized carbons (Fsp3) is 0.231. The van der Waals surface area contributed by atoms with Gasteiger partial charge in [0.1, 0.15) is 5.15 Å². The van der Waals surface area contributed by atoms with E-state index in [0.717, 1.165) is 23.0 Å². The summed E-state index contributed by atoms with van der Waals surface area (Å²) in [5.74, 6) is 0. The largest absolute Gasteiger partial charge is 0.334 e. The van der Waals surface area contributed by atoms with Gasteiger partial charge in [0.2, 0.25) is 0 Å². The van der Waals surface area contributed by atoms with Gasteiger partial charge >= 0.3 is 5.69 Å². The molecule has 0 aliphatic heterocycles. The molecule has 0 atom stereocenters. The van der Waals surface area contributed by atoms with E-state index < -0.39 is 11.2 Å². The van der Waals surface area contributed by atoms with Crippen molar-refractivity contribution in [1.29, 1.82) is 0 Å². The van der Waals surface area contributed by atoms with Gasteiger partial charge in [-0.15, -0.1) is 0 Å². The minimum atomic E-state index is -0.518. The van der Waals surface area contributed by atoms with E-state index in [1.165, 1.54) is 6.07 Å². The third kappa shape index (κ3) is 2.38. The minimum Gasteiger partial charge on any atom is -0.297 e. The molecule has 4 nitrogen and oxygen atoms in total. The number of aromatic amines is 1. The highest BCUT2D eigenvalue weighted by molar-refractivity contribution is 6.29. The summed E-state index contributed by atoms with van der Waals surface area (Å²) >= 11 is 5.64. The lowest BCUT2D eigenvalue weighted by Crippen LogP contribution is -2.33. The van der Waals surface area contributed by atoms with Gasteiger partial charge in [0.15, 0.2) is 0 Å². The summed E-state index contributed by atoms with van der Waals surface area (Å²) in [6.45, 7) is 2.05. The number of rotatable bonds is 3. The SMILES string of the molecule is CCCc1ccccc1-n1c(=O)cc(Cl)[nH]c1=O. The van der Waals surface area contributed by atoms with Crippen LogP contribution in [0.1, 0.15) is 18.9 Å². The Morgan fingerprint density at radius 1 is 1.28 bits per heavy atom. The summed E-state index contributed by atoms with van der Waals surface area (Å²) in [5, 5.41) is 0.0502. The second-order valence-corrected chi connectivity index (χ2v) is 4.38. The smallest absolute Gasteiger partial charge is 0.297 e. The number of halogens is 1. The fourth-order valence-electron chi connectivity index (χ4n) is 1.91. The molecule has 0 fully saturated rings. The Balaban J connectivity index is 2.70. The average molecular weight is 265 g/mol. The quantitative estimate of drug-likeness (QED) is 0.864. The summed E-state index contributed by atoms with van der Waals surface area (Å²) in [6, 6.07) is 8.57. The lowest BCUT2D eigenvalue weighted by atomic mass is 10.1. The maximum Gasteiger partial charge on any atom is 0.334 e. The number of aromatic nitrogens is 2. The molecule has 1 aromatic carbocycles. The van der Waals surface area contributed by atoms with Gasteiger partial charge < -0.3 is 0 Å². The molecule has 18 heavy (non-hydrogen) atoms. The highest BCUT2D eigenvalue weighted by Crippen LogP contribution is 2.13. The maximum absolute atomic E-state index is 11.9. The Labute approximate surface area is 109 Å². The summed E-state index contributed by atoms with van der Waals surface area (Å²) in [4.78, 5) is 26.1. The summed E-state index contributed by atoms with van der Waals surface area (Å²) in [6.07, 6.45) is 1.75. The highest BCUT2D eigenvalue weighted by Gasteiger charge is 2.09. The lowest BCUT2D eigenvalue weighted by Gasteiger charge is -2.09. The molecule has 0 aliphatic carbocycles. The summed E-state index contributed by atoms with van der Waals surface area (Å²) in [5.41, 5.74) is 0.639. The van der Waals surface area contributed by atoms with Gasteiger partial charge in [-0.3, -0.25) is 9.78 Å². The van der Waals surface area contributed by atoms with Gasteiger partial charge in [-0.1, -0.05) is 43.1 Å². The Bertz CT molecular complexity index is 642. The first kappa shape index (κ1) is 12.6. The van der Waals surface area contributed by atoms with E-state index in [2.05, 4.69) is 4.98 Å². The van der Waals surface area contributed by atoms with Crippen LogP contribution in [0.25, 0.3) is 5.69 Å². The molecule has 0 amide bonds. The predicted octanol–water partition coefficient (Wildman–Crippen LogP) is 2.13. The summed E-state index contributed by atoms with van der Waals surface area (Å²) in [7, 11) is 0. The Morgan fingerprint density at radius 3 is 2.67 bits per heavy atom. The maximum atomic E-state index is 11.9. The fourth-order valence-corrected chi connectivity index (χ4v) is 2.08. The number of nitrogens with zero attached hydrogens (tertiary/aromatic N) is 1. The molecule has 0 radical (unpaired) electrons. The van der Waals surface area contributed by atoms with Crippen molar-refractivity contribution in [3.63, 3.8) is 0 Å². The zero-order valence-corrected chi connectivity index (χ0v) is 10.7. The summed E-state index contributed by atoms with van der Waals surface area (Å²) < 4.78 is 1.11. The number of hydrogen-bond acceptors (Lipinski definition) is 2. The van der Waals surface area contributed by atoms with Gasteiger partial charge in [0.25, 0.3) is 5.56 Å². The molecule has 2 aromatic rings. The van der Waals surface area contributed by atoms with Gasteiger partial charge in [-0.05, 0) is 18.1 Å². The Hall–Kier alpha value is -1.81. The average Bonchev–Trinajstić information content (AvgIpc) is 2.30. The molecule has 0 spiro atoms. The van der Waals surface area contributed by atoms with E-state index in [1.807, 2.05) is 19.1 Å². The lowest BCUT2D eigenvalue weighted by molar-refractivity contribution is 0.840. The van der Waals surface area contributed by atoms with Crippen LogP contribution in [0.5, 0.6) is 0 Å². The number of nitrogens with one attached hydrogen (secondary N) is 1. The van der Waals surface area contributed by atoms with Gasteiger partial charge in [-0.2, -0.15) is 0 Å². The van der Waals surface area contributed by atoms with Crippen LogP contribution in [0.2, 0.25) is 5.15 Å². The molecular weight excluding hydrogens is 252 g/mol. The first-order valence-electron chi connectivity index (χ1n) is 5.73. The van der Waals surface area contributed by atoms with Crippen LogP contribution in [-0.4, -0.2) is 9.55 Å². The van der Waals surface area contributed by atoms with Crippen molar-refractivity contribution in [3.8, 4) is 5.69 Å². The van der Waals surface area contributed by atoms with Crippen molar-refractivity contribution in [2.24, 2.45) is 0 Å². The standard InChI is InChI=1S/C13H13ClN2O2/c1-2-5-9-6-3-4-7-10(9)16-12(17)8-11(14)15-13(16)18/h3-4,6-8H,2,5H2,1H3,(H,15,18). The zero-order valence-electron chi connectivity index (χ0n) is 9.94. The molecule has 1 aromatic heterocycles. The van der Waals surface area contributed by atoms with E-state index in [9.17, 15) is 9.59 Å². The van der Waals surface area contributed by atoms with Crippen molar-refractivity contribution in [2.75, 3.05) is 0 Å². The second kappa shape index (κ2) is 5.23. The van der Waals surface area contributed by atoms with Crippen LogP contribution < -0.4 is 11.2 Å². The minimum absolute atomic E-state index is 0.0502. The molecule has 94 valence electrons. The first-order chi connectivity index (χ1) is 8.63. The van der Waals surface area contributed by atoms with Crippen molar-refractivity contribution in [3.05, 3.63) is 61.9 Å². The predicted molar refractivity (Wildman–Crippen MR) is 71.7 cm³/mol. The molecule has 2 rings (SSSR count). The number of hydrogen-bond donors (Lipinski definition) is 1. The number of para-hydroxylation sites is 1. The number of aryl methyl sites for hydroxylation is 1. The molecule has 0 aliphatic rings. The topological polar surface area (TPSA) is 54.9 Å². The molecule has 0 unspecified atom stereocenters. The molecular formula is C13H13ClN2O2. The zero-order chi connectivity index (χ0) is 13.1. The molecule has 0 saturated carbocycles. The van der Waals surface area contributed by atoms with Crippen LogP contribution in [0.15, 0.2) is 39.9 Å². The molecule has 0 saturated heterocycles.